The predicted molar refractivity (Wildman–Crippen MR) is 108 cm³/mol. The van der Waals surface area contributed by atoms with E-state index in [1.54, 1.807) is 18.2 Å². The van der Waals surface area contributed by atoms with Gasteiger partial charge in [0.2, 0.25) is 0 Å². The van der Waals surface area contributed by atoms with Crippen molar-refractivity contribution in [2.24, 2.45) is 0 Å². The molecule has 0 heterocycles. The van der Waals surface area contributed by atoms with Gasteiger partial charge in [-0.3, -0.25) is 4.79 Å². The lowest BCUT2D eigenvalue weighted by Crippen LogP contribution is -2.13. The average Bonchev–Trinajstić information content (AvgIpc) is 2.61. The van der Waals surface area contributed by atoms with Crippen molar-refractivity contribution in [3.63, 3.8) is 0 Å². The first-order valence-electron chi connectivity index (χ1n) is 7.74. The zero-order valence-electron chi connectivity index (χ0n) is 14.4. The van der Waals surface area contributed by atoms with E-state index in [1.807, 2.05) is 13.0 Å². The molecule has 2 aromatic rings. The summed E-state index contributed by atoms with van der Waals surface area (Å²) < 4.78 is 5.02. The Morgan fingerprint density at radius 3 is 2.36 bits per heavy atom. The molecule has 0 saturated carbocycles. The molecule has 0 unspecified atom stereocenters. The van der Waals surface area contributed by atoms with Gasteiger partial charge in [0.25, 0.3) is 5.91 Å². The maximum atomic E-state index is 12.4. The minimum absolute atomic E-state index is 0.000129. The molecule has 144 valence electrons. The summed E-state index contributed by atoms with van der Waals surface area (Å²) in [7, 11) is 0. The number of nitriles is 1. The van der Waals surface area contributed by atoms with Crippen LogP contribution in [-0.2, 0) is 9.59 Å². The Morgan fingerprint density at radius 2 is 1.82 bits per heavy atom. The molecule has 0 saturated heterocycles. The molecule has 0 radical (unpaired) electrons. The second-order valence-electron chi connectivity index (χ2n) is 5.58. The van der Waals surface area contributed by atoms with Crippen LogP contribution in [0.25, 0.3) is 6.08 Å². The summed E-state index contributed by atoms with van der Waals surface area (Å²) in [6.07, 6.45) is 1.30. The van der Waals surface area contributed by atoms with Gasteiger partial charge in [-0.25, -0.2) is 4.79 Å². The average molecular weight is 440 g/mol. The Kier molecular flexibility index (Phi) is 7.30. The highest BCUT2D eigenvalue weighted by Gasteiger charge is 2.14. The normalized spacial score (nSPS) is 10.9. The maximum Gasteiger partial charge on any atom is 0.341 e. The number of hydrogen-bond donors (Lipinski definition) is 2. The quantitative estimate of drug-likeness (QED) is 0.489. The van der Waals surface area contributed by atoms with Gasteiger partial charge in [-0.1, -0.05) is 40.9 Å². The summed E-state index contributed by atoms with van der Waals surface area (Å²) in [6.45, 7) is 1.21. The van der Waals surface area contributed by atoms with Crippen LogP contribution < -0.4 is 10.1 Å². The summed E-state index contributed by atoms with van der Waals surface area (Å²) in [5.74, 6) is -1.82. The van der Waals surface area contributed by atoms with Crippen LogP contribution in [0.4, 0.5) is 5.69 Å². The second-order valence-corrected chi connectivity index (χ2v) is 6.81. The molecule has 0 atom stereocenters. The summed E-state index contributed by atoms with van der Waals surface area (Å²) in [5.41, 5.74) is 1.47. The minimum atomic E-state index is -1.18. The van der Waals surface area contributed by atoms with Crippen molar-refractivity contribution in [2.45, 2.75) is 6.92 Å². The van der Waals surface area contributed by atoms with Crippen molar-refractivity contribution in [3.8, 4) is 11.8 Å². The summed E-state index contributed by atoms with van der Waals surface area (Å²) in [5, 5.41) is 21.1. The van der Waals surface area contributed by atoms with Gasteiger partial charge in [-0.05, 0) is 48.4 Å². The van der Waals surface area contributed by atoms with Crippen molar-refractivity contribution in [2.75, 3.05) is 11.9 Å². The Balaban J connectivity index is 2.25. The van der Waals surface area contributed by atoms with E-state index in [-0.39, 0.29) is 21.4 Å². The van der Waals surface area contributed by atoms with E-state index in [2.05, 4.69) is 5.32 Å². The van der Waals surface area contributed by atoms with Gasteiger partial charge < -0.3 is 15.2 Å². The number of carboxylic acids is 1. The molecule has 0 fully saturated rings. The highest BCUT2D eigenvalue weighted by atomic mass is 35.5. The van der Waals surface area contributed by atoms with E-state index in [9.17, 15) is 14.9 Å². The number of rotatable bonds is 6. The molecule has 2 rings (SSSR count). The highest BCUT2D eigenvalue weighted by molar-refractivity contribution is 6.37. The zero-order chi connectivity index (χ0) is 20.8. The first-order valence-corrected chi connectivity index (χ1v) is 8.87. The molecular formula is C19H13Cl3N2O4. The van der Waals surface area contributed by atoms with Crippen molar-refractivity contribution >= 4 is 58.4 Å². The summed E-state index contributed by atoms with van der Waals surface area (Å²) in [4.78, 5) is 23.0. The van der Waals surface area contributed by atoms with Crippen molar-refractivity contribution in [3.05, 3.63) is 62.1 Å². The number of halogens is 3. The molecule has 9 heteroatoms. The van der Waals surface area contributed by atoms with Crippen molar-refractivity contribution < 1.29 is 19.4 Å². The van der Waals surface area contributed by atoms with E-state index in [4.69, 9.17) is 44.6 Å². The van der Waals surface area contributed by atoms with Crippen LogP contribution in [0.3, 0.4) is 0 Å². The number of carbonyl (C=O) groups excluding carboxylic acids is 1. The fourth-order valence-corrected chi connectivity index (χ4v) is 2.91. The van der Waals surface area contributed by atoms with Crippen LogP contribution in [0.5, 0.6) is 5.75 Å². The largest absolute Gasteiger partial charge is 0.479 e. The molecule has 0 aliphatic rings. The molecule has 2 aromatic carbocycles. The Hall–Kier alpha value is -2.72. The number of carboxylic acid groups (broad SMARTS) is 1. The van der Waals surface area contributed by atoms with Gasteiger partial charge in [0.1, 0.15) is 11.6 Å². The van der Waals surface area contributed by atoms with Gasteiger partial charge in [-0.2, -0.15) is 5.26 Å². The SMILES string of the molecule is Cc1ccc(NC(=O)/C(C#N)=C\c2cc(Cl)c(OCC(=O)O)c(Cl)c2)cc1Cl. The van der Waals surface area contributed by atoms with Gasteiger partial charge in [0.15, 0.2) is 12.4 Å². The third kappa shape index (κ3) is 5.64. The number of benzene rings is 2. The third-order valence-electron chi connectivity index (χ3n) is 3.47. The maximum absolute atomic E-state index is 12.4. The molecule has 1 amide bonds. The lowest BCUT2D eigenvalue weighted by Gasteiger charge is -2.09. The number of nitrogens with one attached hydrogen (secondary N) is 1. The molecule has 0 aliphatic heterocycles. The molecular weight excluding hydrogens is 427 g/mol. The van der Waals surface area contributed by atoms with Crippen LogP contribution in [0.15, 0.2) is 35.9 Å². The smallest absolute Gasteiger partial charge is 0.341 e. The molecule has 0 aliphatic carbocycles. The van der Waals surface area contributed by atoms with E-state index in [0.717, 1.165) is 5.56 Å². The molecule has 2 N–H and O–H groups in total. The van der Waals surface area contributed by atoms with Crippen molar-refractivity contribution in [1.29, 1.82) is 5.26 Å². The van der Waals surface area contributed by atoms with E-state index < -0.39 is 18.5 Å². The number of carbonyl (C=O) groups is 2. The summed E-state index contributed by atoms with van der Waals surface area (Å²) in [6, 6.07) is 9.59. The lowest BCUT2D eigenvalue weighted by atomic mass is 10.1. The monoisotopic (exact) mass is 438 g/mol. The van der Waals surface area contributed by atoms with Crippen molar-refractivity contribution in [1.82, 2.24) is 0 Å². The van der Waals surface area contributed by atoms with Crippen LogP contribution in [0, 0.1) is 18.3 Å². The van der Waals surface area contributed by atoms with E-state index in [1.165, 1.54) is 18.2 Å². The number of hydrogen-bond acceptors (Lipinski definition) is 4. The second kappa shape index (κ2) is 9.47. The van der Waals surface area contributed by atoms with Crippen LogP contribution >= 0.6 is 34.8 Å². The zero-order valence-corrected chi connectivity index (χ0v) is 16.7. The third-order valence-corrected chi connectivity index (χ3v) is 4.44. The highest BCUT2D eigenvalue weighted by Crippen LogP contribution is 2.35. The van der Waals surface area contributed by atoms with E-state index >= 15 is 0 Å². The Labute approximate surface area is 175 Å². The van der Waals surface area contributed by atoms with Gasteiger partial charge in [0, 0.05) is 10.7 Å². The molecule has 0 spiro atoms. The molecule has 0 aromatic heterocycles. The van der Waals surface area contributed by atoms with Crippen LogP contribution in [-0.4, -0.2) is 23.6 Å². The summed E-state index contributed by atoms with van der Waals surface area (Å²) >= 11 is 18.1. The van der Waals surface area contributed by atoms with Gasteiger partial charge >= 0.3 is 5.97 Å². The first kappa shape index (κ1) is 21.6. The Morgan fingerprint density at radius 1 is 1.18 bits per heavy atom. The number of aliphatic carboxylic acids is 1. The number of ether oxygens (including phenoxy) is 1. The fourth-order valence-electron chi connectivity index (χ4n) is 2.12. The van der Waals surface area contributed by atoms with Crippen LogP contribution in [0.2, 0.25) is 15.1 Å². The molecule has 28 heavy (non-hydrogen) atoms. The van der Waals surface area contributed by atoms with Crippen LogP contribution in [0.1, 0.15) is 11.1 Å². The number of nitrogens with zero attached hydrogens (tertiary/aromatic N) is 1. The predicted octanol–water partition coefficient (Wildman–Crippen LogP) is 4.96. The number of anilines is 1. The van der Waals surface area contributed by atoms with Gasteiger partial charge in [-0.15, -0.1) is 0 Å². The standard InChI is InChI=1S/C19H13Cl3N2O4/c1-10-2-3-13(7-14(10)20)24-19(27)12(8-23)4-11-5-15(21)18(16(22)6-11)28-9-17(25)26/h2-7H,9H2,1H3,(H,24,27)(H,25,26)/b12-4-. The van der Waals surface area contributed by atoms with E-state index in [0.29, 0.717) is 16.3 Å². The first-order chi connectivity index (χ1) is 13.2. The molecule has 0 bridgehead atoms. The minimum Gasteiger partial charge on any atom is -0.479 e. The molecule has 6 nitrogen and oxygen atoms in total. The number of aryl methyl sites for hydroxylation is 1. The van der Waals surface area contributed by atoms with Gasteiger partial charge in [0.05, 0.1) is 10.0 Å². The Bertz CT molecular complexity index is 990. The fraction of sp³-hybridized carbons (Fsp3) is 0.105. The number of amides is 1. The lowest BCUT2D eigenvalue weighted by molar-refractivity contribution is -0.139. The topological polar surface area (TPSA) is 99.4 Å².